The largest absolute Gasteiger partial charge is 0.457 e. The molecule has 0 saturated carbocycles. The Morgan fingerprint density at radius 3 is 2.68 bits per heavy atom. The number of nitro groups is 1. The van der Waals surface area contributed by atoms with Gasteiger partial charge in [-0.1, -0.05) is 0 Å². The van der Waals surface area contributed by atoms with Crippen LogP contribution in [0, 0.1) is 15.5 Å². The van der Waals surface area contributed by atoms with Crippen molar-refractivity contribution in [3.8, 4) is 11.3 Å². The Kier molecular flexibility index (Phi) is 5.09. The molecule has 0 radical (unpaired) electrons. The first-order valence-electron chi connectivity index (χ1n) is 8.61. The van der Waals surface area contributed by atoms with E-state index >= 15 is 0 Å². The zero-order valence-electron chi connectivity index (χ0n) is 15.7. The predicted octanol–water partition coefficient (Wildman–Crippen LogP) is 3.25. The van der Waals surface area contributed by atoms with Crippen molar-refractivity contribution in [1.82, 2.24) is 10.3 Å². The summed E-state index contributed by atoms with van der Waals surface area (Å²) in [6.07, 6.45) is 1.46. The third-order valence-electron chi connectivity index (χ3n) is 4.06. The number of benzene rings is 1. The second-order valence-corrected chi connectivity index (χ2v) is 7.21. The Labute approximate surface area is 177 Å². The highest BCUT2D eigenvalue weighted by Crippen LogP contribution is 2.37. The molecule has 2 N–H and O–H groups in total. The lowest BCUT2D eigenvalue weighted by molar-refractivity contribution is -0.384. The lowest BCUT2D eigenvalue weighted by Gasteiger charge is -2.10. The van der Waals surface area contributed by atoms with Gasteiger partial charge in [0.15, 0.2) is 5.17 Å². The van der Waals surface area contributed by atoms with Crippen molar-refractivity contribution >= 4 is 52.1 Å². The Balaban J connectivity index is 1.57. The second kappa shape index (κ2) is 7.87. The number of thioether (sulfide) groups is 1. The number of carbonyl (C=O) groups excluding carboxylic acids is 2. The zero-order chi connectivity index (χ0) is 22.1. The predicted molar refractivity (Wildman–Crippen MR) is 110 cm³/mol. The van der Waals surface area contributed by atoms with E-state index in [0.29, 0.717) is 17.1 Å². The number of carbonyl (C=O) groups is 2. The summed E-state index contributed by atoms with van der Waals surface area (Å²) in [6, 6.07) is 9.14. The van der Waals surface area contributed by atoms with Gasteiger partial charge in [0.25, 0.3) is 11.6 Å². The Morgan fingerprint density at radius 2 is 2.00 bits per heavy atom. The molecule has 0 spiro atoms. The van der Waals surface area contributed by atoms with E-state index in [1.807, 2.05) is 0 Å². The highest BCUT2D eigenvalue weighted by Gasteiger charge is 2.38. The lowest BCUT2D eigenvalue weighted by Crippen LogP contribution is -2.29. The summed E-state index contributed by atoms with van der Waals surface area (Å²) in [7, 11) is 0. The van der Waals surface area contributed by atoms with Gasteiger partial charge in [-0.05, 0) is 46.3 Å². The fourth-order valence-electron chi connectivity index (χ4n) is 2.72. The van der Waals surface area contributed by atoms with Crippen LogP contribution in [0.15, 0.2) is 50.3 Å². The van der Waals surface area contributed by atoms with Crippen molar-refractivity contribution < 1.29 is 23.6 Å². The molecular formula is C18H12N6O6S. The quantitative estimate of drug-likeness (QED) is 0.343. The highest BCUT2D eigenvalue weighted by atomic mass is 32.2. The highest BCUT2D eigenvalue weighted by molar-refractivity contribution is 8.19. The number of nitrogens with one attached hydrogen (secondary N) is 2. The van der Waals surface area contributed by atoms with Crippen molar-refractivity contribution in [1.29, 1.82) is 5.41 Å². The van der Waals surface area contributed by atoms with Crippen LogP contribution in [0.4, 0.5) is 17.3 Å². The van der Waals surface area contributed by atoms with Gasteiger partial charge in [0, 0.05) is 30.7 Å². The van der Waals surface area contributed by atoms with E-state index in [1.54, 1.807) is 24.3 Å². The molecule has 0 aliphatic carbocycles. The minimum Gasteiger partial charge on any atom is -0.457 e. The first-order chi connectivity index (χ1) is 14.8. The molecule has 2 aromatic heterocycles. The van der Waals surface area contributed by atoms with Gasteiger partial charge in [0.1, 0.15) is 11.5 Å². The van der Waals surface area contributed by atoms with Crippen molar-refractivity contribution in [2.45, 2.75) is 6.92 Å². The van der Waals surface area contributed by atoms with Gasteiger partial charge in [-0.15, -0.1) is 0 Å². The number of hydrogen-bond donors (Lipinski definition) is 2. The maximum Gasteiger partial charge on any atom is 0.272 e. The average Bonchev–Trinajstić information content (AvgIpc) is 3.43. The van der Waals surface area contributed by atoms with Crippen LogP contribution >= 0.6 is 11.8 Å². The van der Waals surface area contributed by atoms with E-state index in [4.69, 9.17) is 9.83 Å². The van der Waals surface area contributed by atoms with Crippen molar-refractivity contribution in [3.05, 3.63) is 57.2 Å². The molecule has 1 aliphatic heterocycles. The number of nitro benzene ring substituents is 1. The van der Waals surface area contributed by atoms with Crippen LogP contribution in [0.1, 0.15) is 12.7 Å². The molecule has 2 amide bonds. The fraction of sp³-hybridized carbons (Fsp3) is 0.0556. The van der Waals surface area contributed by atoms with E-state index < -0.39 is 16.7 Å². The van der Waals surface area contributed by atoms with Gasteiger partial charge < -0.3 is 9.73 Å². The number of non-ortho nitro benzene ring substituents is 1. The summed E-state index contributed by atoms with van der Waals surface area (Å²) in [5, 5.41) is 28.2. The molecule has 1 fully saturated rings. The minimum absolute atomic E-state index is 0.0369. The standard InChI is InChI=1S/C18H12N6O6S/c1-9(25)20-15-16(22-30-21-15)23-17(26)14(31-18(23)19)8-12-6-7-13(29-12)10-2-4-11(5-3-10)24(27)28/h2-8,19H,1H3,(H,20,21,25)/b14-8-,19-18?. The average molecular weight is 440 g/mol. The molecule has 31 heavy (non-hydrogen) atoms. The summed E-state index contributed by atoms with van der Waals surface area (Å²) >= 11 is 0.876. The lowest BCUT2D eigenvalue weighted by atomic mass is 10.1. The summed E-state index contributed by atoms with van der Waals surface area (Å²) in [5.41, 5.74) is 0.592. The first-order valence-corrected chi connectivity index (χ1v) is 9.42. The Hall–Kier alpha value is -4.26. The smallest absolute Gasteiger partial charge is 0.272 e. The Morgan fingerprint density at radius 1 is 1.26 bits per heavy atom. The Bertz CT molecular complexity index is 1240. The van der Waals surface area contributed by atoms with Crippen molar-refractivity contribution in [2.75, 3.05) is 10.2 Å². The molecule has 1 aliphatic rings. The van der Waals surface area contributed by atoms with Gasteiger partial charge in [-0.2, -0.15) is 0 Å². The van der Waals surface area contributed by atoms with Crippen molar-refractivity contribution in [2.24, 2.45) is 0 Å². The van der Waals surface area contributed by atoms with E-state index in [-0.39, 0.29) is 27.4 Å². The van der Waals surface area contributed by atoms with Crippen LogP contribution in [-0.4, -0.2) is 32.2 Å². The maximum atomic E-state index is 12.8. The molecule has 13 heteroatoms. The van der Waals surface area contributed by atoms with E-state index in [1.165, 1.54) is 25.1 Å². The first kappa shape index (κ1) is 20.0. The molecule has 1 saturated heterocycles. The molecule has 12 nitrogen and oxygen atoms in total. The molecule has 3 aromatic rings. The summed E-state index contributed by atoms with van der Waals surface area (Å²) < 4.78 is 10.3. The molecular weight excluding hydrogens is 428 g/mol. The molecule has 0 bridgehead atoms. The number of rotatable bonds is 5. The monoisotopic (exact) mass is 440 g/mol. The molecule has 4 rings (SSSR count). The second-order valence-electron chi connectivity index (χ2n) is 6.18. The molecule has 0 atom stereocenters. The van der Waals surface area contributed by atoms with E-state index in [0.717, 1.165) is 16.7 Å². The van der Waals surface area contributed by atoms with E-state index in [9.17, 15) is 19.7 Å². The number of hydrogen-bond acceptors (Lipinski definition) is 10. The van der Waals surface area contributed by atoms with Crippen LogP contribution in [0.5, 0.6) is 0 Å². The molecule has 3 heterocycles. The normalized spacial score (nSPS) is 15.0. The number of furan rings is 1. The number of amidine groups is 1. The maximum absolute atomic E-state index is 12.8. The zero-order valence-corrected chi connectivity index (χ0v) is 16.5. The minimum atomic E-state index is -0.564. The van der Waals surface area contributed by atoms with Crippen LogP contribution < -0.4 is 10.2 Å². The molecule has 156 valence electrons. The van der Waals surface area contributed by atoms with Gasteiger partial charge >= 0.3 is 0 Å². The summed E-state index contributed by atoms with van der Waals surface area (Å²) in [6.45, 7) is 1.26. The fourth-order valence-corrected chi connectivity index (χ4v) is 3.54. The number of amides is 2. The van der Waals surface area contributed by atoms with Crippen LogP contribution in [0.3, 0.4) is 0 Å². The third kappa shape index (κ3) is 3.93. The van der Waals surface area contributed by atoms with Crippen LogP contribution in [0.2, 0.25) is 0 Å². The number of aromatic nitrogens is 2. The van der Waals surface area contributed by atoms with Crippen molar-refractivity contribution in [3.63, 3.8) is 0 Å². The van der Waals surface area contributed by atoms with Gasteiger partial charge in [-0.25, -0.2) is 9.53 Å². The van der Waals surface area contributed by atoms with Gasteiger partial charge in [0.2, 0.25) is 17.5 Å². The van der Waals surface area contributed by atoms with Crippen LogP contribution in [-0.2, 0) is 9.59 Å². The number of anilines is 2. The third-order valence-corrected chi connectivity index (χ3v) is 4.95. The molecule has 0 unspecified atom stereocenters. The molecule has 1 aromatic carbocycles. The van der Waals surface area contributed by atoms with Gasteiger partial charge in [0.05, 0.1) is 9.83 Å². The summed E-state index contributed by atoms with van der Waals surface area (Å²) in [5.74, 6) is -0.381. The topological polar surface area (TPSA) is 168 Å². The number of nitrogens with zero attached hydrogens (tertiary/aromatic N) is 4. The van der Waals surface area contributed by atoms with E-state index in [2.05, 4.69) is 20.3 Å². The van der Waals surface area contributed by atoms with Gasteiger partial charge in [-0.3, -0.25) is 25.1 Å². The SMILES string of the molecule is CC(=O)Nc1nonc1N1C(=N)S/C(=C\c2ccc(-c3ccc([N+](=O)[O-])cc3)o2)C1=O. The summed E-state index contributed by atoms with van der Waals surface area (Å²) in [4.78, 5) is 35.5. The van der Waals surface area contributed by atoms with Crippen LogP contribution in [0.25, 0.3) is 17.4 Å².